The molecule has 0 radical (unpaired) electrons. The number of hydrogen-bond acceptors (Lipinski definition) is 2. The maximum atomic E-state index is 12.3. The zero-order valence-electron chi connectivity index (χ0n) is 12.4. The van der Waals surface area contributed by atoms with E-state index in [4.69, 9.17) is 0 Å². The molecule has 1 heterocycles. The van der Waals surface area contributed by atoms with Gasteiger partial charge < -0.3 is 5.32 Å². The van der Waals surface area contributed by atoms with Gasteiger partial charge in [-0.2, -0.15) is 0 Å². The molecule has 22 heavy (non-hydrogen) atoms. The smallest absolute Gasteiger partial charge is 0.220 e. The van der Waals surface area contributed by atoms with E-state index in [9.17, 15) is 4.79 Å². The summed E-state index contributed by atoms with van der Waals surface area (Å²) in [5, 5.41) is 5.33. The van der Waals surface area contributed by atoms with Gasteiger partial charge in [-0.05, 0) is 54.3 Å². The molecular formula is C18H20BrNOS. The number of hydrogen-bond donors (Lipinski definition) is 1. The van der Waals surface area contributed by atoms with Crippen LogP contribution in [0.25, 0.3) is 0 Å². The molecule has 2 nitrogen and oxygen atoms in total. The molecule has 0 saturated heterocycles. The van der Waals surface area contributed by atoms with Crippen LogP contribution in [0.2, 0.25) is 0 Å². The fourth-order valence-electron chi connectivity index (χ4n) is 2.85. The van der Waals surface area contributed by atoms with Gasteiger partial charge in [0.05, 0.1) is 6.04 Å². The highest BCUT2D eigenvalue weighted by Crippen LogP contribution is 2.38. The minimum absolute atomic E-state index is 0.160. The lowest BCUT2D eigenvalue weighted by atomic mass is 9.77. The Labute approximate surface area is 144 Å². The van der Waals surface area contributed by atoms with Crippen molar-refractivity contribution in [2.45, 2.75) is 38.1 Å². The SMILES string of the molecule is O=C(CCc1cccs1)NC(c1ccc(Br)cc1)C1CCC1. The molecule has 1 N–H and O–H groups in total. The van der Waals surface area contributed by atoms with Gasteiger partial charge in [-0.15, -0.1) is 11.3 Å². The Kier molecular flexibility index (Phi) is 5.32. The Balaban J connectivity index is 1.62. The Morgan fingerprint density at radius 3 is 2.64 bits per heavy atom. The number of carbonyl (C=O) groups excluding carboxylic acids is 1. The van der Waals surface area contributed by atoms with Crippen molar-refractivity contribution in [2.24, 2.45) is 5.92 Å². The first-order chi connectivity index (χ1) is 10.7. The maximum absolute atomic E-state index is 12.3. The van der Waals surface area contributed by atoms with Crippen molar-refractivity contribution < 1.29 is 4.79 Å². The van der Waals surface area contributed by atoms with E-state index < -0.39 is 0 Å². The third kappa shape index (κ3) is 3.99. The van der Waals surface area contributed by atoms with Crippen molar-refractivity contribution in [1.29, 1.82) is 0 Å². The van der Waals surface area contributed by atoms with Crippen molar-refractivity contribution in [1.82, 2.24) is 5.32 Å². The maximum Gasteiger partial charge on any atom is 0.220 e. The summed E-state index contributed by atoms with van der Waals surface area (Å²) < 4.78 is 1.08. The van der Waals surface area contributed by atoms with Crippen LogP contribution in [0.5, 0.6) is 0 Å². The first-order valence-corrected chi connectivity index (χ1v) is 9.47. The Morgan fingerprint density at radius 1 is 1.27 bits per heavy atom. The van der Waals surface area contributed by atoms with E-state index in [0.717, 1.165) is 10.9 Å². The van der Waals surface area contributed by atoms with E-state index in [1.165, 1.54) is 29.7 Å². The molecule has 4 heteroatoms. The summed E-state index contributed by atoms with van der Waals surface area (Å²) in [6.07, 6.45) is 5.11. The average molecular weight is 378 g/mol. The van der Waals surface area contributed by atoms with E-state index in [-0.39, 0.29) is 11.9 Å². The van der Waals surface area contributed by atoms with Gasteiger partial charge in [0.15, 0.2) is 0 Å². The molecule has 1 fully saturated rings. The van der Waals surface area contributed by atoms with Crippen LogP contribution in [0.4, 0.5) is 0 Å². The first-order valence-electron chi connectivity index (χ1n) is 7.79. The summed E-state index contributed by atoms with van der Waals surface area (Å²) in [5.74, 6) is 0.750. The highest BCUT2D eigenvalue weighted by atomic mass is 79.9. The van der Waals surface area contributed by atoms with Crippen LogP contribution in [0.15, 0.2) is 46.3 Å². The molecular weight excluding hydrogens is 358 g/mol. The zero-order chi connectivity index (χ0) is 15.4. The van der Waals surface area contributed by atoms with Gasteiger partial charge in [0.25, 0.3) is 0 Å². The summed E-state index contributed by atoms with van der Waals surface area (Å²) in [5.41, 5.74) is 1.22. The van der Waals surface area contributed by atoms with E-state index in [1.807, 2.05) is 6.07 Å². The minimum Gasteiger partial charge on any atom is -0.349 e. The van der Waals surface area contributed by atoms with Crippen molar-refractivity contribution in [3.63, 3.8) is 0 Å². The lowest BCUT2D eigenvalue weighted by molar-refractivity contribution is -0.122. The molecule has 1 aliphatic carbocycles. The average Bonchev–Trinajstić information content (AvgIpc) is 2.97. The highest BCUT2D eigenvalue weighted by molar-refractivity contribution is 9.10. The number of amides is 1. The Hall–Kier alpha value is -1.13. The van der Waals surface area contributed by atoms with Crippen molar-refractivity contribution >= 4 is 33.2 Å². The molecule has 1 aromatic carbocycles. The molecule has 116 valence electrons. The van der Waals surface area contributed by atoms with Gasteiger partial charge in [0, 0.05) is 15.8 Å². The van der Waals surface area contributed by atoms with Crippen LogP contribution < -0.4 is 5.32 Å². The van der Waals surface area contributed by atoms with E-state index >= 15 is 0 Å². The number of halogens is 1. The van der Waals surface area contributed by atoms with Crippen LogP contribution in [0, 0.1) is 5.92 Å². The van der Waals surface area contributed by atoms with E-state index in [0.29, 0.717) is 12.3 Å². The second-order valence-corrected chi connectivity index (χ2v) is 7.82. The predicted octanol–water partition coefficient (Wildman–Crippen LogP) is 5.10. The number of thiophene rings is 1. The standard InChI is InChI=1S/C18H20BrNOS/c19-15-8-6-14(7-9-15)18(13-3-1-4-13)20-17(21)11-10-16-5-2-12-22-16/h2,5-9,12-13,18H,1,3-4,10-11H2,(H,20,21). The molecule has 1 saturated carbocycles. The molecule has 0 spiro atoms. The normalized spacial score (nSPS) is 16.0. The number of benzene rings is 1. The van der Waals surface area contributed by atoms with Gasteiger partial charge in [-0.1, -0.05) is 40.5 Å². The van der Waals surface area contributed by atoms with Crippen LogP contribution in [-0.4, -0.2) is 5.91 Å². The third-order valence-corrected chi connectivity index (χ3v) is 5.81. The number of rotatable bonds is 6. The van der Waals surface area contributed by atoms with Crippen LogP contribution in [0.1, 0.15) is 42.2 Å². The lowest BCUT2D eigenvalue weighted by Gasteiger charge is -2.34. The topological polar surface area (TPSA) is 29.1 Å². The monoisotopic (exact) mass is 377 g/mol. The van der Waals surface area contributed by atoms with Crippen molar-refractivity contribution in [2.75, 3.05) is 0 Å². The van der Waals surface area contributed by atoms with E-state index in [1.54, 1.807) is 11.3 Å². The lowest BCUT2D eigenvalue weighted by Crippen LogP contribution is -2.36. The molecule has 1 atom stereocenters. The number of carbonyl (C=O) groups is 1. The Morgan fingerprint density at radius 2 is 2.05 bits per heavy atom. The molecule has 1 aliphatic rings. The molecule has 3 rings (SSSR count). The quantitative estimate of drug-likeness (QED) is 0.744. The molecule has 0 bridgehead atoms. The number of nitrogens with one attached hydrogen (secondary N) is 1. The van der Waals surface area contributed by atoms with Crippen molar-refractivity contribution in [3.8, 4) is 0 Å². The van der Waals surface area contributed by atoms with Gasteiger partial charge in [-0.25, -0.2) is 0 Å². The van der Waals surface area contributed by atoms with Gasteiger partial charge in [0.1, 0.15) is 0 Å². The summed E-state index contributed by atoms with van der Waals surface area (Å²) in [4.78, 5) is 13.6. The van der Waals surface area contributed by atoms with Crippen LogP contribution in [0.3, 0.4) is 0 Å². The largest absolute Gasteiger partial charge is 0.349 e. The van der Waals surface area contributed by atoms with Crippen molar-refractivity contribution in [3.05, 3.63) is 56.7 Å². The van der Waals surface area contributed by atoms with E-state index in [2.05, 4.69) is 57.0 Å². The Bertz CT molecular complexity index is 605. The molecule has 2 aromatic rings. The molecule has 1 amide bonds. The second kappa shape index (κ2) is 7.42. The van der Waals surface area contributed by atoms with Crippen LogP contribution >= 0.6 is 27.3 Å². The number of aryl methyl sites for hydroxylation is 1. The van der Waals surface area contributed by atoms with Gasteiger partial charge in [-0.3, -0.25) is 4.79 Å². The van der Waals surface area contributed by atoms with Crippen LogP contribution in [-0.2, 0) is 11.2 Å². The minimum atomic E-state index is 0.160. The summed E-state index contributed by atoms with van der Waals surface area (Å²) in [7, 11) is 0. The van der Waals surface area contributed by atoms with Gasteiger partial charge >= 0.3 is 0 Å². The predicted molar refractivity (Wildman–Crippen MR) is 95.0 cm³/mol. The molecule has 1 aromatic heterocycles. The second-order valence-electron chi connectivity index (χ2n) is 5.87. The highest BCUT2D eigenvalue weighted by Gasteiger charge is 2.29. The summed E-state index contributed by atoms with van der Waals surface area (Å²) >= 11 is 5.19. The third-order valence-electron chi connectivity index (χ3n) is 4.35. The zero-order valence-corrected chi connectivity index (χ0v) is 14.8. The summed E-state index contributed by atoms with van der Waals surface area (Å²) in [6.45, 7) is 0. The molecule has 1 unspecified atom stereocenters. The molecule has 0 aliphatic heterocycles. The fourth-order valence-corrected chi connectivity index (χ4v) is 3.83. The first kappa shape index (κ1) is 15.8. The fraction of sp³-hybridized carbons (Fsp3) is 0.389. The summed E-state index contributed by atoms with van der Waals surface area (Å²) in [6, 6.07) is 12.6. The van der Waals surface area contributed by atoms with Gasteiger partial charge in [0.2, 0.25) is 5.91 Å².